The highest BCUT2D eigenvalue weighted by molar-refractivity contribution is 6.23. The summed E-state index contributed by atoms with van der Waals surface area (Å²) in [6, 6.07) is 24.6. The molecule has 0 radical (unpaired) electrons. The van der Waals surface area contributed by atoms with Crippen LogP contribution in [0.3, 0.4) is 0 Å². The van der Waals surface area contributed by atoms with E-state index in [4.69, 9.17) is 10.4 Å². The number of nitrogens with one attached hydrogen (secondary N) is 1. The first-order valence-corrected chi connectivity index (χ1v) is 13.5. The molecule has 0 saturated carbocycles. The maximum absolute atomic E-state index is 13.6. The molecule has 1 heterocycles. The Hall–Kier alpha value is -5.83. The topological polar surface area (TPSA) is 123 Å². The number of nitrogens with zero attached hydrogens (tertiary/aromatic N) is 3. The Bertz CT molecular complexity index is 1830. The third kappa shape index (κ3) is 6.14. The Morgan fingerprint density at radius 3 is 2.18 bits per heavy atom. The minimum Gasteiger partial charge on any atom is -0.449 e. The number of carboxylic acid groups (broad SMARTS) is 1. The molecule has 0 bridgehead atoms. The Kier molecular flexibility index (Phi) is 7.95. The van der Waals surface area contributed by atoms with Gasteiger partial charge < -0.3 is 20.1 Å². The summed E-state index contributed by atoms with van der Waals surface area (Å²) in [6.07, 6.45) is -6.25. The number of urea groups is 1. The van der Waals surface area contributed by atoms with Crippen molar-refractivity contribution >= 4 is 35.2 Å². The number of rotatable bonds is 7. The van der Waals surface area contributed by atoms with Crippen LogP contribution in [-0.4, -0.2) is 33.6 Å². The zero-order valence-corrected chi connectivity index (χ0v) is 23.9. The van der Waals surface area contributed by atoms with Gasteiger partial charge in [0.15, 0.2) is 0 Å². The molecule has 1 aliphatic heterocycles. The number of carbonyl (C=O) groups excluding carboxylic acids is 2. The molecular weight excluding hydrogens is 589 g/mol. The van der Waals surface area contributed by atoms with Crippen LogP contribution >= 0.6 is 0 Å². The monoisotopic (exact) mass is 614 g/mol. The molecule has 3 amide bonds. The van der Waals surface area contributed by atoms with Crippen molar-refractivity contribution in [3.8, 4) is 22.9 Å². The van der Waals surface area contributed by atoms with Gasteiger partial charge in [-0.1, -0.05) is 42.5 Å². The number of anilines is 3. The van der Waals surface area contributed by atoms with Crippen LogP contribution in [0.25, 0.3) is 11.1 Å². The van der Waals surface area contributed by atoms with Crippen molar-refractivity contribution in [2.24, 2.45) is 0 Å². The van der Waals surface area contributed by atoms with Crippen LogP contribution in [0, 0.1) is 11.3 Å². The average Bonchev–Trinajstić information content (AvgIpc) is 3.16. The largest absolute Gasteiger partial charge is 0.511 e. The number of alkyl halides is 3. The van der Waals surface area contributed by atoms with Crippen molar-refractivity contribution in [1.29, 1.82) is 5.26 Å². The van der Waals surface area contributed by atoms with Gasteiger partial charge in [-0.3, -0.25) is 4.79 Å². The molecule has 1 aliphatic rings. The number of hydrogen-bond acceptors (Lipinski definition) is 6. The highest BCUT2D eigenvalue weighted by Gasteiger charge is 2.52. The Balaban J connectivity index is 1.37. The predicted octanol–water partition coefficient (Wildman–Crippen LogP) is 7.79. The fraction of sp³-hybridized carbons (Fsp3) is 0.152. The number of amides is 3. The zero-order valence-electron chi connectivity index (χ0n) is 23.9. The Labute approximate surface area is 255 Å². The summed E-state index contributed by atoms with van der Waals surface area (Å²) >= 11 is 0. The van der Waals surface area contributed by atoms with E-state index < -0.39 is 40.9 Å². The van der Waals surface area contributed by atoms with Crippen LogP contribution < -0.4 is 15.0 Å². The summed E-state index contributed by atoms with van der Waals surface area (Å²) < 4.78 is 45.5. The molecule has 2 N–H and O–H groups in total. The lowest BCUT2D eigenvalue weighted by molar-refractivity contribution is -0.137. The van der Waals surface area contributed by atoms with Crippen LogP contribution in [0.4, 0.5) is 39.8 Å². The number of nitriles is 1. The number of ether oxygens (including phenoxy) is 1. The minimum absolute atomic E-state index is 0.0253. The molecule has 4 aromatic carbocycles. The van der Waals surface area contributed by atoms with E-state index in [1.165, 1.54) is 24.8 Å². The van der Waals surface area contributed by atoms with Crippen LogP contribution in [0.5, 0.6) is 5.75 Å². The van der Waals surface area contributed by atoms with Gasteiger partial charge in [0.05, 0.1) is 29.4 Å². The van der Waals surface area contributed by atoms with Gasteiger partial charge in [-0.2, -0.15) is 18.4 Å². The van der Waals surface area contributed by atoms with Gasteiger partial charge in [0.2, 0.25) is 0 Å². The van der Waals surface area contributed by atoms with Crippen molar-refractivity contribution in [3.63, 3.8) is 0 Å². The number of hydrogen-bond donors (Lipinski definition) is 2. The van der Waals surface area contributed by atoms with Crippen LogP contribution in [0.2, 0.25) is 0 Å². The van der Waals surface area contributed by atoms with Gasteiger partial charge in [0.25, 0.3) is 5.91 Å². The summed E-state index contributed by atoms with van der Waals surface area (Å²) in [5, 5.41) is 21.2. The lowest BCUT2D eigenvalue weighted by Crippen LogP contribution is -2.43. The molecule has 0 spiro atoms. The van der Waals surface area contributed by atoms with Gasteiger partial charge in [-0.15, -0.1) is 0 Å². The maximum atomic E-state index is 13.6. The quantitative estimate of drug-likeness (QED) is 0.124. The number of carbonyl (C=O) groups is 3. The van der Waals surface area contributed by atoms with Gasteiger partial charge in [-0.05, 0) is 79.1 Å². The van der Waals surface area contributed by atoms with E-state index in [0.29, 0.717) is 22.2 Å². The summed E-state index contributed by atoms with van der Waals surface area (Å²) in [4.78, 5) is 39.7. The Morgan fingerprint density at radius 2 is 1.58 bits per heavy atom. The molecule has 4 aromatic rings. The molecule has 12 heteroatoms. The van der Waals surface area contributed by atoms with Crippen LogP contribution in [0.1, 0.15) is 30.5 Å². The average molecular weight is 615 g/mol. The van der Waals surface area contributed by atoms with E-state index in [9.17, 15) is 27.6 Å². The molecular formula is C33H25F3N4O5. The van der Waals surface area contributed by atoms with Gasteiger partial charge in [0, 0.05) is 11.4 Å². The molecule has 0 atom stereocenters. The highest BCUT2D eigenvalue weighted by Crippen LogP contribution is 2.39. The smallest absolute Gasteiger partial charge is 0.449 e. The first kappa shape index (κ1) is 30.6. The lowest BCUT2D eigenvalue weighted by Gasteiger charge is -2.28. The molecule has 45 heavy (non-hydrogen) atoms. The van der Waals surface area contributed by atoms with Gasteiger partial charge in [-0.25, -0.2) is 14.5 Å². The Morgan fingerprint density at radius 1 is 0.956 bits per heavy atom. The van der Waals surface area contributed by atoms with Crippen molar-refractivity contribution in [1.82, 2.24) is 4.90 Å². The molecule has 228 valence electrons. The van der Waals surface area contributed by atoms with Crippen molar-refractivity contribution < 1.29 is 37.4 Å². The third-order valence-corrected chi connectivity index (χ3v) is 7.41. The summed E-state index contributed by atoms with van der Waals surface area (Å²) in [5.74, 6) is -0.498. The predicted molar refractivity (Wildman–Crippen MR) is 159 cm³/mol. The van der Waals surface area contributed by atoms with Crippen LogP contribution in [0.15, 0.2) is 91.0 Å². The van der Waals surface area contributed by atoms with E-state index >= 15 is 0 Å². The maximum Gasteiger partial charge on any atom is 0.511 e. The van der Waals surface area contributed by atoms with Crippen molar-refractivity contribution in [2.75, 3.05) is 10.2 Å². The van der Waals surface area contributed by atoms with E-state index in [-0.39, 0.29) is 18.0 Å². The summed E-state index contributed by atoms with van der Waals surface area (Å²) in [5.41, 5.74) is 0.227. The molecule has 1 fully saturated rings. The highest BCUT2D eigenvalue weighted by atomic mass is 19.4. The molecule has 0 aliphatic carbocycles. The van der Waals surface area contributed by atoms with E-state index in [1.54, 1.807) is 48.5 Å². The fourth-order valence-electron chi connectivity index (χ4n) is 5.00. The number of halogens is 3. The molecule has 1 saturated heterocycles. The van der Waals surface area contributed by atoms with Crippen molar-refractivity contribution in [2.45, 2.75) is 32.1 Å². The SMILES string of the molecule is CC1(C)C(=O)N(c2ccc(C#N)c(C(F)(F)F)c2)C(=O)N1Cc1ccccc1Nc1ccc(-c2ccc(OC(=O)O)cc2)cc1. The number of imide groups is 1. The van der Waals surface area contributed by atoms with Gasteiger partial charge >= 0.3 is 18.4 Å². The third-order valence-electron chi connectivity index (χ3n) is 7.41. The van der Waals surface area contributed by atoms with Crippen LogP contribution in [-0.2, 0) is 17.5 Å². The second kappa shape index (κ2) is 11.7. The lowest BCUT2D eigenvalue weighted by atomic mass is 10.0. The number of para-hydroxylation sites is 1. The normalized spacial score (nSPS) is 14.3. The summed E-state index contributed by atoms with van der Waals surface area (Å²) in [7, 11) is 0. The van der Waals surface area contributed by atoms with E-state index in [2.05, 4.69) is 10.1 Å². The van der Waals surface area contributed by atoms with E-state index in [0.717, 1.165) is 28.9 Å². The second-order valence-corrected chi connectivity index (χ2v) is 10.7. The zero-order chi connectivity index (χ0) is 32.5. The van der Waals surface area contributed by atoms with Crippen molar-refractivity contribution in [3.05, 3.63) is 108 Å². The molecule has 9 nitrogen and oxygen atoms in total. The van der Waals surface area contributed by atoms with E-state index in [1.807, 2.05) is 24.3 Å². The van der Waals surface area contributed by atoms with Gasteiger partial charge in [0.1, 0.15) is 11.3 Å². The fourth-order valence-corrected chi connectivity index (χ4v) is 5.00. The minimum atomic E-state index is -4.85. The first-order chi connectivity index (χ1) is 21.3. The molecule has 5 rings (SSSR count). The standard InChI is InChI=1S/C33H25F3N4O5/c1-32(2)29(41)40(25-14-9-22(18-37)27(17-25)33(34,35)36)30(42)39(32)19-23-5-3-4-6-28(23)38-24-12-7-20(8-13-24)21-10-15-26(16-11-21)45-31(43)44/h3-17,38H,19H2,1-2H3,(H,43,44). The summed E-state index contributed by atoms with van der Waals surface area (Å²) in [6.45, 7) is 3.02. The first-order valence-electron chi connectivity index (χ1n) is 13.5. The second-order valence-electron chi connectivity index (χ2n) is 10.7. The number of benzene rings is 4. The molecule has 0 aromatic heterocycles. The molecule has 0 unspecified atom stereocenters.